The summed E-state index contributed by atoms with van der Waals surface area (Å²) < 4.78 is 16.2. The third-order valence-electron chi connectivity index (χ3n) is 3.17. The first-order valence-corrected chi connectivity index (χ1v) is 8.24. The molecule has 0 aliphatic heterocycles. The zero-order chi connectivity index (χ0) is 18.1. The van der Waals surface area contributed by atoms with Gasteiger partial charge in [-0.3, -0.25) is 0 Å². The molecule has 0 heterocycles. The summed E-state index contributed by atoms with van der Waals surface area (Å²) in [5, 5.41) is 6.06. The molecule has 2 aromatic rings. The second-order valence-corrected chi connectivity index (χ2v) is 5.42. The number of carbonyl (C=O) groups excluding carboxylic acids is 1. The molecule has 7 heteroatoms. The zero-order valence-corrected chi connectivity index (χ0v) is 14.9. The zero-order valence-electron chi connectivity index (χ0n) is 14.2. The van der Waals surface area contributed by atoms with Crippen LogP contribution in [0.5, 0.6) is 17.2 Å². The topological polar surface area (TPSA) is 68.8 Å². The predicted molar refractivity (Wildman–Crippen MR) is 98.1 cm³/mol. The maximum atomic E-state index is 11.9. The Bertz CT molecular complexity index is 709. The summed E-state index contributed by atoms with van der Waals surface area (Å²) in [6, 6.07) is 12.0. The van der Waals surface area contributed by atoms with Crippen LogP contribution in [0, 0.1) is 0 Å². The minimum atomic E-state index is -0.331. The van der Waals surface area contributed by atoms with E-state index in [2.05, 4.69) is 10.6 Å². The molecule has 2 aromatic carbocycles. The highest BCUT2D eigenvalue weighted by Gasteiger charge is 2.07. The Morgan fingerprint density at radius 1 is 1.12 bits per heavy atom. The molecular formula is C18H21ClN2O4. The first kappa shape index (κ1) is 18.7. The van der Waals surface area contributed by atoms with Crippen molar-refractivity contribution in [1.82, 2.24) is 5.32 Å². The van der Waals surface area contributed by atoms with Crippen LogP contribution in [0.3, 0.4) is 0 Å². The Balaban J connectivity index is 1.79. The number of nitrogens with one attached hydrogen (secondary N) is 2. The highest BCUT2D eigenvalue weighted by atomic mass is 35.5. The van der Waals surface area contributed by atoms with Crippen molar-refractivity contribution >= 4 is 23.3 Å². The van der Waals surface area contributed by atoms with Crippen LogP contribution in [-0.2, 0) is 0 Å². The van der Waals surface area contributed by atoms with Gasteiger partial charge in [0.25, 0.3) is 0 Å². The summed E-state index contributed by atoms with van der Waals surface area (Å²) in [5.41, 5.74) is 0.609. The van der Waals surface area contributed by atoms with Crippen molar-refractivity contribution in [3.05, 3.63) is 47.5 Å². The molecule has 2 amide bonds. The Hall–Kier alpha value is -2.60. The smallest absolute Gasteiger partial charge is 0.319 e. The Morgan fingerprint density at radius 3 is 2.68 bits per heavy atom. The molecule has 0 aromatic heterocycles. The Kier molecular flexibility index (Phi) is 7.22. The number of benzene rings is 2. The van der Waals surface area contributed by atoms with E-state index in [1.54, 1.807) is 49.6 Å². The molecule has 0 aliphatic carbocycles. The maximum Gasteiger partial charge on any atom is 0.319 e. The van der Waals surface area contributed by atoms with Crippen molar-refractivity contribution in [3.8, 4) is 17.2 Å². The van der Waals surface area contributed by atoms with E-state index < -0.39 is 0 Å². The number of amides is 2. The van der Waals surface area contributed by atoms with Gasteiger partial charge in [-0.25, -0.2) is 4.79 Å². The number of rotatable bonds is 8. The lowest BCUT2D eigenvalue weighted by atomic mass is 10.2. The molecule has 6 nitrogen and oxygen atoms in total. The van der Waals surface area contributed by atoms with Crippen molar-refractivity contribution in [2.24, 2.45) is 0 Å². The van der Waals surface area contributed by atoms with E-state index in [0.717, 1.165) is 0 Å². The van der Waals surface area contributed by atoms with E-state index in [-0.39, 0.29) is 6.03 Å². The predicted octanol–water partition coefficient (Wildman–Crippen LogP) is 3.95. The first-order valence-electron chi connectivity index (χ1n) is 7.86. The fourth-order valence-corrected chi connectivity index (χ4v) is 2.27. The van der Waals surface area contributed by atoms with Crippen molar-refractivity contribution < 1.29 is 19.0 Å². The second-order valence-electron chi connectivity index (χ2n) is 4.99. The normalized spacial score (nSPS) is 10.0. The summed E-state index contributed by atoms with van der Waals surface area (Å²) in [5.74, 6) is 1.85. The van der Waals surface area contributed by atoms with Crippen molar-refractivity contribution in [2.45, 2.75) is 6.92 Å². The molecule has 0 saturated heterocycles. The fraction of sp³-hybridized carbons (Fsp3) is 0.278. The van der Waals surface area contributed by atoms with E-state index in [4.69, 9.17) is 25.8 Å². The monoisotopic (exact) mass is 364 g/mol. The average molecular weight is 365 g/mol. The van der Waals surface area contributed by atoms with Gasteiger partial charge in [-0.15, -0.1) is 0 Å². The van der Waals surface area contributed by atoms with Crippen molar-refractivity contribution in [3.63, 3.8) is 0 Å². The lowest BCUT2D eigenvalue weighted by molar-refractivity contribution is 0.247. The van der Waals surface area contributed by atoms with Gasteiger partial charge in [0.05, 0.1) is 20.3 Å². The number of halogens is 1. The van der Waals surface area contributed by atoms with Crippen LogP contribution in [0.15, 0.2) is 42.5 Å². The molecule has 0 unspecified atom stereocenters. The summed E-state index contributed by atoms with van der Waals surface area (Å²) in [7, 11) is 1.57. The standard InChI is InChI=1S/C18H21ClN2O4/c1-3-24-17-12-14(7-8-16(17)23-2)21-18(22)20-9-10-25-15-6-4-5-13(19)11-15/h4-8,11-12H,3,9-10H2,1-2H3,(H2,20,21,22). The van der Waals surface area contributed by atoms with Crippen LogP contribution in [0.4, 0.5) is 10.5 Å². The molecule has 0 atom stereocenters. The maximum absolute atomic E-state index is 11.9. The SMILES string of the molecule is CCOc1cc(NC(=O)NCCOc2cccc(Cl)c2)ccc1OC. The lowest BCUT2D eigenvalue weighted by Gasteiger charge is -2.12. The van der Waals surface area contributed by atoms with Crippen molar-refractivity contribution in [1.29, 1.82) is 0 Å². The second kappa shape index (κ2) is 9.64. The number of carbonyl (C=O) groups is 1. The summed E-state index contributed by atoms with van der Waals surface area (Å²) in [4.78, 5) is 11.9. The van der Waals surface area contributed by atoms with Gasteiger partial charge in [0.1, 0.15) is 12.4 Å². The molecular weight excluding hydrogens is 344 g/mol. The van der Waals surface area contributed by atoms with E-state index in [1.165, 1.54) is 0 Å². The van der Waals surface area contributed by atoms with Gasteiger partial charge in [-0.2, -0.15) is 0 Å². The van der Waals surface area contributed by atoms with Crippen LogP contribution in [-0.4, -0.2) is 32.9 Å². The highest BCUT2D eigenvalue weighted by Crippen LogP contribution is 2.30. The van der Waals surface area contributed by atoms with Gasteiger partial charge in [-0.1, -0.05) is 17.7 Å². The number of methoxy groups -OCH3 is 1. The molecule has 0 bridgehead atoms. The van der Waals surface area contributed by atoms with Crippen molar-refractivity contribution in [2.75, 3.05) is 32.2 Å². The van der Waals surface area contributed by atoms with Gasteiger partial charge in [0.2, 0.25) is 0 Å². The average Bonchev–Trinajstić information content (AvgIpc) is 2.59. The molecule has 0 fully saturated rings. The quantitative estimate of drug-likeness (QED) is 0.696. The molecule has 0 radical (unpaired) electrons. The van der Waals surface area contributed by atoms with E-state index in [9.17, 15) is 4.79 Å². The molecule has 0 saturated carbocycles. The highest BCUT2D eigenvalue weighted by molar-refractivity contribution is 6.30. The number of ether oxygens (including phenoxy) is 3. The van der Waals surface area contributed by atoms with Gasteiger partial charge in [0.15, 0.2) is 11.5 Å². The third kappa shape index (κ3) is 6.08. The molecule has 134 valence electrons. The van der Waals surface area contributed by atoms with Gasteiger partial charge < -0.3 is 24.8 Å². The Morgan fingerprint density at radius 2 is 1.96 bits per heavy atom. The summed E-state index contributed by atoms with van der Waals surface area (Å²) in [6.07, 6.45) is 0. The molecule has 2 N–H and O–H groups in total. The first-order chi connectivity index (χ1) is 12.1. The lowest BCUT2D eigenvalue weighted by Crippen LogP contribution is -2.32. The number of urea groups is 1. The minimum absolute atomic E-state index is 0.331. The third-order valence-corrected chi connectivity index (χ3v) is 3.41. The van der Waals surface area contributed by atoms with Crippen LogP contribution in [0.25, 0.3) is 0 Å². The van der Waals surface area contributed by atoms with Crippen LogP contribution >= 0.6 is 11.6 Å². The molecule has 25 heavy (non-hydrogen) atoms. The van der Waals surface area contributed by atoms with E-state index in [1.807, 2.05) is 6.92 Å². The largest absolute Gasteiger partial charge is 0.493 e. The van der Waals surface area contributed by atoms with Crippen LogP contribution < -0.4 is 24.8 Å². The minimum Gasteiger partial charge on any atom is -0.493 e. The Labute approximate surface area is 152 Å². The summed E-state index contributed by atoms with van der Waals surface area (Å²) in [6.45, 7) is 3.08. The molecule has 2 rings (SSSR count). The number of hydrogen-bond acceptors (Lipinski definition) is 4. The van der Waals surface area contributed by atoms with Crippen LogP contribution in [0.1, 0.15) is 6.92 Å². The van der Waals surface area contributed by atoms with Crippen LogP contribution in [0.2, 0.25) is 5.02 Å². The van der Waals surface area contributed by atoms with Gasteiger partial charge in [0, 0.05) is 16.8 Å². The van der Waals surface area contributed by atoms with Gasteiger partial charge in [-0.05, 0) is 37.3 Å². The number of hydrogen-bond donors (Lipinski definition) is 2. The number of anilines is 1. The molecule has 0 spiro atoms. The van der Waals surface area contributed by atoms with E-state index in [0.29, 0.717) is 47.7 Å². The molecule has 0 aliphatic rings. The fourth-order valence-electron chi connectivity index (χ4n) is 2.09. The van der Waals surface area contributed by atoms with Gasteiger partial charge >= 0.3 is 6.03 Å². The van der Waals surface area contributed by atoms with E-state index >= 15 is 0 Å². The summed E-state index contributed by atoms with van der Waals surface area (Å²) >= 11 is 5.88.